The van der Waals surface area contributed by atoms with Gasteiger partial charge in [0.25, 0.3) is 5.69 Å². The lowest BCUT2D eigenvalue weighted by molar-refractivity contribution is -0.385. The summed E-state index contributed by atoms with van der Waals surface area (Å²) in [7, 11) is 1.43. The van der Waals surface area contributed by atoms with E-state index in [1.54, 1.807) is 24.3 Å². The number of hydrazone groups is 1. The fraction of sp³-hybridized carbons (Fsp3) is 0.158. The zero-order valence-electron chi connectivity index (χ0n) is 14.7. The van der Waals surface area contributed by atoms with Gasteiger partial charge >= 0.3 is 0 Å². The Kier molecular flexibility index (Phi) is 6.65. The van der Waals surface area contributed by atoms with Gasteiger partial charge in [-0.25, -0.2) is 5.43 Å². The summed E-state index contributed by atoms with van der Waals surface area (Å²) in [6.45, 7) is 3.64. The van der Waals surface area contributed by atoms with Gasteiger partial charge < -0.3 is 9.84 Å². The average molecular weight is 369 g/mol. The molecule has 2 aromatic rings. The maximum absolute atomic E-state index is 12.0. The molecular formula is C19H19N3O5. The van der Waals surface area contributed by atoms with Crippen molar-refractivity contribution in [2.24, 2.45) is 5.10 Å². The number of allylic oxidation sites excluding steroid dienone is 1. The van der Waals surface area contributed by atoms with Gasteiger partial charge in [-0.3, -0.25) is 14.9 Å². The maximum atomic E-state index is 12.0. The highest BCUT2D eigenvalue weighted by Crippen LogP contribution is 2.31. The third-order valence-electron chi connectivity index (χ3n) is 3.70. The van der Waals surface area contributed by atoms with Crippen LogP contribution < -0.4 is 10.2 Å². The summed E-state index contributed by atoms with van der Waals surface area (Å²) in [5.41, 5.74) is 3.73. The van der Waals surface area contributed by atoms with E-state index >= 15 is 0 Å². The first-order chi connectivity index (χ1) is 13.0. The number of benzene rings is 2. The fourth-order valence-electron chi connectivity index (χ4n) is 2.46. The number of phenols is 1. The lowest BCUT2D eigenvalue weighted by Crippen LogP contribution is -2.20. The largest absolute Gasteiger partial charge is 0.504 e. The minimum atomic E-state index is -0.532. The van der Waals surface area contributed by atoms with Crippen LogP contribution in [0.1, 0.15) is 16.7 Å². The lowest BCUT2D eigenvalue weighted by atomic mass is 10.1. The molecule has 0 aliphatic rings. The molecule has 140 valence electrons. The van der Waals surface area contributed by atoms with Crippen LogP contribution in [0, 0.1) is 10.1 Å². The number of amides is 1. The molecule has 1 amide bonds. The number of carbonyl (C=O) groups excluding carboxylic acids is 1. The van der Waals surface area contributed by atoms with Crippen molar-refractivity contribution in [1.82, 2.24) is 5.43 Å². The van der Waals surface area contributed by atoms with Gasteiger partial charge in [0.15, 0.2) is 11.5 Å². The Bertz CT molecular complexity index is 893. The summed E-state index contributed by atoms with van der Waals surface area (Å²) in [5, 5.41) is 24.9. The number of methoxy groups -OCH3 is 1. The molecule has 0 atom stereocenters. The standard InChI is InChI=1S/C19H19N3O5/c1-3-6-15-9-13(10-17(27-2)19(15)24)12-20-21-18(23)11-14-7-4-5-8-16(14)22(25)26/h3-5,7-10,12,24H,1,6,11H2,2H3,(H,21,23)/b20-12+. The van der Waals surface area contributed by atoms with Gasteiger partial charge in [-0.1, -0.05) is 24.3 Å². The normalized spacial score (nSPS) is 10.6. The molecule has 2 N–H and O–H groups in total. The average Bonchev–Trinajstić information content (AvgIpc) is 2.64. The van der Waals surface area contributed by atoms with Gasteiger partial charge in [0.2, 0.25) is 5.91 Å². The number of nitrogens with one attached hydrogen (secondary N) is 1. The van der Waals surface area contributed by atoms with E-state index in [4.69, 9.17) is 4.74 Å². The van der Waals surface area contributed by atoms with Crippen molar-refractivity contribution in [3.05, 3.63) is 75.9 Å². The number of carbonyl (C=O) groups is 1. The van der Waals surface area contributed by atoms with E-state index in [9.17, 15) is 20.0 Å². The van der Waals surface area contributed by atoms with Gasteiger partial charge in [0.05, 0.1) is 24.7 Å². The first kappa shape index (κ1) is 19.6. The number of hydrogen-bond donors (Lipinski definition) is 2. The van der Waals surface area contributed by atoms with Crippen LogP contribution in [0.5, 0.6) is 11.5 Å². The van der Waals surface area contributed by atoms with Crippen LogP contribution >= 0.6 is 0 Å². The molecular weight excluding hydrogens is 350 g/mol. The highest BCUT2D eigenvalue weighted by Gasteiger charge is 2.15. The number of nitro benzene ring substituents is 1. The smallest absolute Gasteiger partial charge is 0.273 e. The van der Waals surface area contributed by atoms with E-state index in [1.807, 2.05) is 0 Å². The highest BCUT2D eigenvalue weighted by atomic mass is 16.6. The molecule has 0 aliphatic heterocycles. The Morgan fingerprint density at radius 1 is 1.37 bits per heavy atom. The molecule has 8 nitrogen and oxygen atoms in total. The number of rotatable bonds is 8. The van der Waals surface area contributed by atoms with Crippen LogP contribution in [0.15, 0.2) is 54.2 Å². The van der Waals surface area contributed by atoms with E-state index in [0.29, 0.717) is 23.1 Å². The van der Waals surface area contributed by atoms with E-state index in [2.05, 4.69) is 17.1 Å². The van der Waals surface area contributed by atoms with Crippen molar-refractivity contribution in [3.63, 3.8) is 0 Å². The second kappa shape index (κ2) is 9.14. The third-order valence-corrected chi connectivity index (χ3v) is 3.70. The van der Waals surface area contributed by atoms with Gasteiger partial charge in [-0.2, -0.15) is 5.10 Å². The van der Waals surface area contributed by atoms with Crippen molar-refractivity contribution < 1.29 is 19.6 Å². The van der Waals surface area contributed by atoms with Crippen LogP contribution in [0.2, 0.25) is 0 Å². The minimum absolute atomic E-state index is 0.0231. The molecule has 0 fully saturated rings. The topological polar surface area (TPSA) is 114 Å². The number of ether oxygens (including phenoxy) is 1. The number of nitrogens with zero attached hydrogens (tertiary/aromatic N) is 2. The van der Waals surface area contributed by atoms with Crippen molar-refractivity contribution in [2.75, 3.05) is 7.11 Å². The summed E-state index contributed by atoms with van der Waals surface area (Å²) in [4.78, 5) is 22.4. The molecule has 0 bridgehead atoms. The Hall–Kier alpha value is -3.68. The molecule has 0 unspecified atom stereocenters. The quantitative estimate of drug-likeness (QED) is 0.321. The van der Waals surface area contributed by atoms with Gasteiger partial charge in [0.1, 0.15) is 0 Å². The number of aromatic hydroxyl groups is 1. The van der Waals surface area contributed by atoms with Crippen molar-refractivity contribution in [2.45, 2.75) is 12.8 Å². The summed E-state index contributed by atoms with van der Waals surface area (Å²) < 4.78 is 5.12. The van der Waals surface area contributed by atoms with Crippen molar-refractivity contribution in [3.8, 4) is 11.5 Å². The molecule has 2 aromatic carbocycles. The van der Waals surface area contributed by atoms with Crippen LogP contribution in [0.4, 0.5) is 5.69 Å². The van der Waals surface area contributed by atoms with E-state index in [-0.39, 0.29) is 23.6 Å². The molecule has 0 heterocycles. The second-order valence-corrected chi connectivity index (χ2v) is 5.58. The summed E-state index contributed by atoms with van der Waals surface area (Å²) in [6, 6.07) is 9.29. The summed E-state index contributed by atoms with van der Waals surface area (Å²) >= 11 is 0. The van der Waals surface area contributed by atoms with Crippen LogP contribution in [-0.4, -0.2) is 29.3 Å². The number of hydrogen-bond acceptors (Lipinski definition) is 6. The van der Waals surface area contributed by atoms with Gasteiger partial charge in [-0.05, 0) is 24.1 Å². The Morgan fingerprint density at radius 3 is 2.78 bits per heavy atom. The second-order valence-electron chi connectivity index (χ2n) is 5.58. The van der Waals surface area contributed by atoms with Crippen LogP contribution in [0.3, 0.4) is 0 Å². The lowest BCUT2D eigenvalue weighted by Gasteiger charge is -2.09. The summed E-state index contributed by atoms with van der Waals surface area (Å²) in [5.74, 6) is -0.186. The molecule has 0 radical (unpaired) electrons. The molecule has 8 heteroatoms. The third kappa shape index (κ3) is 5.15. The molecule has 0 aromatic heterocycles. The zero-order chi connectivity index (χ0) is 19.8. The summed E-state index contributed by atoms with van der Waals surface area (Å²) in [6.07, 6.45) is 3.30. The minimum Gasteiger partial charge on any atom is -0.504 e. The predicted octanol–water partition coefficient (Wildman–Crippen LogP) is 2.73. The molecule has 2 rings (SSSR count). The molecule has 0 saturated carbocycles. The molecule has 27 heavy (non-hydrogen) atoms. The molecule has 0 aliphatic carbocycles. The Labute approximate surface area is 155 Å². The van der Waals surface area contributed by atoms with E-state index in [1.165, 1.54) is 31.5 Å². The first-order valence-electron chi connectivity index (χ1n) is 8.01. The van der Waals surface area contributed by atoms with E-state index in [0.717, 1.165) is 0 Å². The Morgan fingerprint density at radius 2 is 2.11 bits per heavy atom. The molecule has 0 saturated heterocycles. The molecule has 0 spiro atoms. The Balaban J connectivity index is 2.09. The fourth-order valence-corrected chi connectivity index (χ4v) is 2.46. The van der Waals surface area contributed by atoms with Gasteiger partial charge in [-0.15, -0.1) is 6.58 Å². The number of nitro groups is 1. The number of phenolic OH excluding ortho intramolecular Hbond substituents is 1. The van der Waals surface area contributed by atoms with Crippen molar-refractivity contribution in [1.29, 1.82) is 0 Å². The zero-order valence-corrected chi connectivity index (χ0v) is 14.7. The highest BCUT2D eigenvalue weighted by molar-refractivity contribution is 5.84. The first-order valence-corrected chi connectivity index (χ1v) is 8.01. The van der Waals surface area contributed by atoms with Crippen molar-refractivity contribution >= 4 is 17.8 Å². The predicted molar refractivity (Wildman–Crippen MR) is 101 cm³/mol. The SMILES string of the molecule is C=CCc1cc(/C=N/NC(=O)Cc2ccccc2[N+](=O)[O-])cc(OC)c1O. The van der Waals surface area contributed by atoms with E-state index < -0.39 is 10.8 Å². The van der Waals surface area contributed by atoms with Crippen LogP contribution in [0.25, 0.3) is 0 Å². The monoisotopic (exact) mass is 369 g/mol. The van der Waals surface area contributed by atoms with Crippen LogP contribution in [-0.2, 0) is 17.6 Å². The number of para-hydroxylation sites is 1. The maximum Gasteiger partial charge on any atom is 0.273 e. The van der Waals surface area contributed by atoms with Gasteiger partial charge in [0, 0.05) is 17.2 Å².